The molecule has 1 unspecified atom stereocenters. The second kappa shape index (κ2) is 8.18. The SMILES string of the molecule is N=C(Nc1ccc(F)c(Br)c1)c1nonc1NCCNS(=N)(=O)C(F)(F)F. The Morgan fingerprint density at radius 2 is 2.00 bits per heavy atom. The van der Waals surface area contributed by atoms with Crippen LogP contribution in [-0.4, -0.2) is 39.0 Å². The van der Waals surface area contributed by atoms with Gasteiger partial charge >= 0.3 is 5.51 Å². The minimum atomic E-state index is -5.19. The molecule has 0 aliphatic carbocycles. The molecule has 0 radical (unpaired) electrons. The number of nitrogens with zero attached hydrogens (tertiary/aromatic N) is 2. The molecule has 0 fully saturated rings. The fraction of sp³-hybridized carbons (Fsp3) is 0.250. The molecule has 2 rings (SSSR count). The Balaban J connectivity index is 1.95. The summed E-state index contributed by atoms with van der Waals surface area (Å²) in [6.45, 7) is -0.678. The molecule has 1 aromatic heterocycles. The van der Waals surface area contributed by atoms with Gasteiger partial charge in [0, 0.05) is 18.8 Å². The number of halogens is 5. The van der Waals surface area contributed by atoms with Crippen molar-refractivity contribution in [1.29, 1.82) is 10.2 Å². The fourth-order valence-electron chi connectivity index (χ4n) is 1.70. The Morgan fingerprint density at radius 1 is 1.30 bits per heavy atom. The van der Waals surface area contributed by atoms with Gasteiger partial charge in [-0.25, -0.2) is 22.7 Å². The molecule has 0 spiro atoms. The van der Waals surface area contributed by atoms with E-state index in [4.69, 9.17) is 10.2 Å². The molecule has 0 aliphatic rings. The molecule has 1 heterocycles. The van der Waals surface area contributed by atoms with Gasteiger partial charge in [-0.15, -0.1) is 0 Å². The van der Waals surface area contributed by atoms with Crippen molar-refractivity contribution in [3.63, 3.8) is 0 Å². The van der Waals surface area contributed by atoms with Gasteiger partial charge in [0.15, 0.2) is 11.5 Å². The van der Waals surface area contributed by atoms with E-state index in [1.807, 2.05) is 0 Å². The van der Waals surface area contributed by atoms with E-state index in [0.29, 0.717) is 5.69 Å². The monoisotopic (exact) mass is 473 g/mol. The zero-order chi connectivity index (χ0) is 20.2. The summed E-state index contributed by atoms with van der Waals surface area (Å²) in [5.41, 5.74) is -4.91. The highest BCUT2D eigenvalue weighted by molar-refractivity contribution is 9.10. The summed E-state index contributed by atoms with van der Waals surface area (Å²) in [7, 11) is -4.95. The van der Waals surface area contributed by atoms with Crippen LogP contribution in [-0.2, 0) is 9.92 Å². The lowest BCUT2D eigenvalue weighted by Gasteiger charge is -2.12. The summed E-state index contributed by atoms with van der Waals surface area (Å²) in [5, 5.41) is 20.1. The molecule has 0 aliphatic heterocycles. The summed E-state index contributed by atoms with van der Waals surface area (Å²) in [4.78, 5) is 0. The number of amidine groups is 1. The maximum Gasteiger partial charge on any atom is 0.492 e. The maximum atomic E-state index is 13.2. The van der Waals surface area contributed by atoms with Gasteiger partial charge in [0.1, 0.15) is 5.82 Å². The normalized spacial score (nSPS) is 13.8. The van der Waals surface area contributed by atoms with E-state index in [-0.39, 0.29) is 28.4 Å². The minimum Gasteiger partial charge on any atom is -0.364 e. The third-order valence-corrected chi connectivity index (χ3v) is 4.83. The lowest BCUT2D eigenvalue weighted by molar-refractivity contribution is -0.0417. The van der Waals surface area contributed by atoms with E-state index in [1.54, 1.807) is 4.72 Å². The van der Waals surface area contributed by atoms with E-state index in [2.05, 4.69) is 41.5 Å². The zero-order valence-corrected chi connectivity index (χ0v) is 15.6. The topological polar surface area (TPSA) is 140 Å². The Bertz CT molecular complexity index is 932. The summed E-state index contributed by atoms with van der Waals surface area (Å²) in [6, 6.07) is 3.93. The maximum absolute atomic E-state index is 13.2. The molecule has 0 amide bonds. The third kappa shape index (κ3) is 5.36. The number of hydrogen-bond donors (Lipinski definition) is 5. The van der Waals surface area contributed by atoms with E-state index < -0.39 is 27.8 Å². The quantitative estimate of drug-likeness (QED) is 0.181. The van der Waals surface area contributed by atoms with Crippen molar-refractivity contribution in [3.8, 4) is 0 Å². The van der Waals surface area contributed by atoms with Gasteiger partial charge in [0.05, 0.1) is 4.47 Å². The van der Waals surface area contributed by atoms with Crippen LogP contribution < -0.4 is 15.4 Å². The summed E-state index contributed by atoms with van der Waals surface area (Å²) >= 11 is 3.00. The fourth-order valence-corrected chi connectivity index (χ4v) is 2.64. The van der Waals surface area contributed by atoms with Crippen LogP contribution >= 0.6 is 15.9 Å². The van der Waals surface area contributed by atoms with Crippen LogP contribution in [0.5, 0.6) is 0 Å². The van der Waals surface area contributed by atoms with Gasteiger partial charge in [-0.05, 0) is 44.4 Å². The molecule has 5 N–H and O–H groups in total. The Hall–Kier alpha value is -2.26. The molecule has 15 heteroatoms. The van der Waals surface area contributed by atoms with Crippen LogP contribution in [0.3, 0.4) is 0 Å². The van der Waals surface area contributed by atoms with Crippen LogP contribution in [0.25, 0.3) is 0 Å². The lowest BCUT2D eigenvalue weighted by atomic mass is 10.3. The molecular weight excluding hydrogens is 462 g/mol. The van der Waals surface area contributed by atoms with Crippen LogP contribution in [0.2, 0.25) is 0 Å². The second-order valence-electron chi connectivity index (χ2n) is 4.91. The number of alkyl halides is 3. The van der Waals surface area contributed by atoms with Gasteiger partial charge in [-0.1, -0.05) is 0 Å². The van der Waals surface area contributed by atoms with E-state index in [9.17, 15) is 21.8 Å². The number of rotatable bonds is 7. The second-order valence-corrected chi connectivity index (χ2v) is 7.63. The van der Waals surface area contributed by atoms with E-state index in [1.165, 1.54) is 18.2 Å². The molecule has 9 nitrogen and oxygen atoms in total. The van der Waals surface area contributed by atoms with Gasteiger partial charge in [-0.2, -0.15) is 13.2 Å². The first kappa shape index (κ1) is 21.0. The van der Waals surface area contributed by atoms with Crippen LogP contribution in [0, 0.1) is 16.0 Å². The average molecular weight is 474 g/mol. The summed E-state index contributed by atoms with van der Waals surface area (Å²) < 4.78 is 74.2. The Kier molecular flexibility index (Phi) is 6.38. The Morgan fingerprint density at radius 3 is 2.63 bits per heavy atom. The van der Waals surface area contributed by atoms with Crippen molar-refractivity contribution >= 4 is 43.2 Å². The van der Waals surface area contributed by atoms with Crippen molar-refractivity contribution in [2.75, 3.05) is 23.7 Å². The first-order chi connectivity index (χ1) is 12.5. The molecule has 1 aromatic carbocycles. The molecular formula is C12H12BrF4N7O2S. The Labute approximate surface area is 158 Å². The van der Waals surface area contributed by atoms with Crippen LogP contribution in [0.15, 0.2) is 27.3 Å². The molecule has 27 heavy (non-hydrogen) atoms. The average Bonchev–Trinajstić information content (AvgIpc) is 3.02. The number of anilines is 2. The van der Waals surface area contributed by atoms with Gasteiger partial charge in [0.2, 0.25) is 15.7 Å². The standard InChI is InChI=1S/C12H12BrF4N7O2S/c13-7-5-6(1-2-8(7)14)22-10(18)9-11(24-26-23-9)20-3-4-21-27(19,25)12(15,16)17/h1-2,5H,3-4H2,(H2,18,22)(H,20,24)(H2,19,21,25). The number of aromatic nitrogens is 2. The van der Waals surface area contributed by atoms with Crippen LogP contribution in [0.4, 0.5) is 29.1 Å². The van der Waals surface area contributed by atoms with Crippen molar-refractivity contribution in [1.82, 2.24) is 15.0 Å². The highest BCUT2D eigenvalue weighted by atomic mass is 79.9. The third-order valence-electron chi connectivity index (χ3n) is 2.96. The van der Waals surface area contributed by atoms with Crippen molar-refractivity contribution in [3.05, 3.63) is 34.2 Å². The predicted octanol–water partition coefficient (Wildman–Crippen LogP) is 2.89. The molecule has 0 bridgehead atoms. The molecule has 148 valence electrons. The first-order valence-electron chi connectivity index (χ1n) is 6.98. The smallest absolute Gasteiger partial charge is 0.364 e. The first-order valence-corrected chi connectivity index (χ1v) is 9.33. The lowest BCUT2D eigenvalue weighted by Crippen LogP contribution is -2.37. The number of nitrogens with one attached hydrogen (secondary N) is 5. The van der Waals surface area contributed by atoms with Crippen LogP contribution in [0.1, 0.15) is 5.69 Å². The molecule has 2 aromatic rings. The molecule has 0 saturated carbocycles. The molecule has 0 saturated heterocycles. The summed E-state index contributed by atoms with van der Waals surface area (Å²) in [6.07, 6.45) is 0. The van der Waals surface area contributed by atoms with Crippen molar-refractivity contribution < 1.29 is 26.4 Å². The largest absolute Gasteiger partial charge is 0.492 e. The number of hydrogen-bond acceptors (Lipinski definition) is 7. The van der Waals surface area contributed by atoms with Gasteiger partial charge < -0.3 is 10.6 Å². The van der Waals surface area contributed by atoms with E-state index >= 15 is 0 Å². The highest BCUT2D eigenvalue weighted by Gasteiger charge is 2.41. The van der Waals surface area contributed by atoms with E-state index in [0.717, 1.165) is 0 Å². The predicted molar refractivity (Wildman–Crippen MR) is 92.3 cm³/mol. The van der Waals surface area contributed by atoms with Gasteiger partial charge in [0.25, 0.3) is 0 Å². The van der Waals surface area contributed by atoms with Crippen molar-refractivity contribution in [2.24, 2.45) is 0 Å². The summed E-state index contributed by atoms with van der Waals surface area (Å²) in [5.74, 6) is -0.821. The highest BCUT2D eigenvalue weighted by Crippen LogP contribution is 2.22. The van der Waals surface area contributed by atoms with Gasteiger partial charge in [-0.3, -0.25) is 5.41 Å². The minimum absolute atomic E-state index is 0.0565. The van der Waals surface area contributed by atoms with Crippen molar-refractivity contribution in [2.45, 2.75) is 5.51 Å². The zero-order valence-electron chi connectivity index (χ0n) is 13.2. The molecule has 1 atom stereocenters. The number of benzene rings is 1.